The van der Waals surface area contributed by atoms with Crippen molar-refractivity contribution in [2.75, 3.05) is 20.3 Å². The van der Waals surface area contributed by atoms with E-state index in [4.69, 9.17) is 9.47 Å². The van der Waals surface area contributed by atoms with Crippen molar-refractivity contribution in [3.05, 3.63) is 101 Å². The number of Topliss-reactive ketones (excluding diaryl/α,β-unsaturated/α-hetero) is 1. The lowest BCUT2D eigenvalue weighted by Gasteiger charge is -2.25. The minimum atomic E-state index is -0.690. The van der Waals surface area contributed by atoms with Crippen molar-refractivity contribution in [2.24, 2.45) is 5.92 Å². The number of carbonyl (C=O) groups excluding carboxylic acids is 2. The van der Waals surface area contributed by atoms with Crippen LogP contribution in [-0.4, -0.2) is 42.0 Å². The van der Waals surface area contributed by atoms with E-state index in [2.05, 4.69) is 13.8 Å². The van der Waals surface area contributed by atoms with E-state index in [9.17, 15) is 14.7 Å². The lowest BCUT2D eigenvalue weighted by Crippen LogP contribution is -2.31. The number of ketones is 1. The normalized spacial score (nSPS) is 17.0. The molecule has 1 amide bonds. The number of likely N-dealkylation sites (tertiary alicyclic amines) is 1. The molecule has 1 heterocycles. The monoisotopic (exact) mass is 485 g/mol. The highest BCUT2D eigenvalue weighted by atomic mass is 16.5. The van der Waals surface area contributed by atoms with Gasteiger partial charge in [-0.15, -0.1) is 0 Å². The maximum Gasteiger partial charge on any atom is 0.295 e. The summed E-state index contributed by atoms with van der Waals surface area (Å²) in [7, 11) is 1.61. The van der Waals surface area contributed by atoms with E-state index in [-0.39, 0.29) is 11.3 Å². The first-order valence-corrected chi connectivity index (χ1v) is 12.1. The highest BCUT2D eigenvalue weighted by Gasteiger charge is 2.45. The van der Waals surface area contributed by atoms with E-state index < -0.39 is 17.7 Å². The summed E-state index contributed by atoms with van der Waals surface area (Å²) in [4.78, 5) is 28.0. The minimum Gasteiger partial charge on any atom is -0.507 e. The molecule has 6 nitrogen and oxygen atoms in total. The van der Waals surface area contributed by atoms with Gasteiger partial charge in [-0.3, -0.25) is 9.59 Å². The highest BCUT2D eigenvalue weighted by molar-refractivity contribution is 6.46. The van der Waals surface area contributed by atoms with Crippen molar-refractivity contribution in [1.29, 1.82) is 0 Å². The summed E-state index contributed by atoms with van der Waals surface area (Å²) in [5.41, 5.74) is 2.30. The molecule has 1 saturated heterocycles. The molecule has 3 aromatic carbocycles. The highest BCUT2D eigenvalue weighted by Crippen LogP contribution is 2.39. The lowest BCUT2D eigenvalue weighted by atomic mass is 9.95. The number of hydrogen-bond donors (Lipinski definition) is 1. The van der Waals surface area contributed by atoms with E-state index in [1.165, 1.54) is 0 Å². The zero-order chi connectivity index (χ0) is 25.7. The summed E-state index contributed by atoms with van der Waals surface area (Å²) < 4.78 is 11.0. The van der Waals surface area contributed by atoms with Crippen LogP contribution >= 0.6 is 0 Å². The number of aliphatic hydroxyl groups excluding tert-OH is 1. The van der Waals surface area contributed by atoms with Crippen LogP contribution in [0.3, 0.4) is 0 Å². The third-order valence-corrected chi connectivity index (χ3v) is 6.15. The zero-order valence-electron chi connectivity index (χ0n) is 20.8. The SMILES string of the molecule is COc1ccc(CCN2C(=O)C(=O)/C(=C(\O)c3cccc(OCC(C)C)c3)C2c2ccccc2)cc1. The topological polar surface area (TPSA) is 76.1 Å². The maximum absolute atomic E-state index is 13.3. The standard InChI is InChI=1S/C30H31NO5/c1-20(2)19-36-25-11-7-10-23(18-25)28(32)26-27(22-8-5-4-6-9-22)31(30(34)29(26)33)17-16-21-12-14-24(35-3)15-13-21/h4-15,18,20,27,32H,16-17,19H2,1-3H3/b28-26-. The molecule has 36 heavy (non-hydrogen) atoms. The second-order valence-corrected chi connectivity index (χ2v) is 9.23. The van der Waals surface area contributed by atoms with E-state index in [1.807, 2.05) is 54.6 Å². The summed E-state index contributed by atoms with van der Waals surface area (Å²) in [6.07, 6.45) is 0.554. The third kappa shape index (κ3) is 5.43. The molecule has 3 aromatic rings. The van der Waals surface area contributed by atoms with Gasteiger partial charge in [0, 0.05) is 12.1 Å². The number of hydrogen-bond acceptors (Lipinski definition) is 5. The third-order valence-electron chi connectivity index (χ3n) is 6.15. The average molecular weight is 486 g/mol. The molecular formula is C30H31NO5. The van der Waals surface area contributed by atoms with Crippen LogP contribution < -0.4 is 9.47 Å². The molecule has 0 bridgehead atoms. The van der Waals surface area contributed by atoms with Gasteiger partial charge in [-0.05, 0) is 47.7 Å². The van der Waals surface area contributed by atoms with Gasteiger partial charge in [-0.25, -0.2) is 0 Å². The molecule has 1 aliphatic heterocycles. The number of rotatable bonds is 9. The Labute approximate surface area is 211 Å². The first-order valence-electron chi connectivity index (χ1n) is 12.1. The Morgan fingerprint density at radius 2 is 1.67 bits per heavy atom. The summed E-state index contributed by atoms with van der Waals surface area (Å²) in [6.45, 7) is 4.96. The first-order chi connectivity index (χ1) is 17.4. The van der Waals surface area contributed by atoms with Crippen LogP contribution in [0.15, 0.2) is 84.4 Å². The average Bonchev–Trinajstić information content (AvgIpc) is 3.16. The molecule has 6 heteroatoms. The number of benzene rings is 3. The molecule has 0 saturated carbocycles. The second kappa shape index (κ2) is 11.1. The fourth-order valence-electron chi connectivity index (χ4n) is 4.29. The Morgan fingerprint density at radius 1 is 0.944 bits per heavy atom. The van der Waals surface area contributed by atoms with Gasteiger partial charge in [-0.1, -0.05) is 68.4 Å². The van der Waals surface area contributed by atoms with Crippen LogP contribution in [0.1, 0.15) is 36.6 Å². The summed E-state index contributed by atoms with van der Waals surface area (Å²) >= 11 is 0. The smallest absolute Gasteiger partial charge is 0.295 e. The van der Waals surface area contributed by atoms with Gasteiger partial charge in [0.1, 0.15) is 17.3 Å². The minimum absolute atomic E-state index is 0.0851. The van der Waals surface area contributed by atoms with Gasteiger partial charge in [0.2, 0.25) is 0 Å². The Balaban J connectivity index is 1.69. The van der Waals surface area contributed by atoms with Gasteiger partial charge in [0.15, 0.2) is 0 Å². The van der Waals surface area contributed by atoms with Crippen LogP contribution in [-0.2, 0) is 16.0 Å². The molecule has 4 rings (SSSR count). The summed E-state index contributed by atoms with van der Waals surface area (Å²) in [5.74, 6) is 0.178. The molecule has 0 aliphatic carbocycles. The fraction of sp³-hybridized carbons (Fsp3) is 0.267. The van der Waals surface area contributed by atoms with Crippen molar-refractivity contribution in [2.45, 2.75) is 26.3 Å². The molecule has 1 atom stereocenters. The number of amides is 1. The molecule has 1 aliphatic rings. The second-order valence-electron chi connectivity index (χ2n) is 9.23. The van der Waals surface area contributed by atoms with E-state index in [0.29, 0.717) is 36.8 Å². The fourth-order valence-corrected chi connectivity index (χ4v) is 4.29. The lowest BCUT2D eigenvalue weighted by molar-refractivity contribution is -0.139. The van der Waals surface area contributed by atoms with Gasteiger partial charge < -0.3 is 19.5 Å². The number of carbonyl (C=O) groups is 2. The summed E-state index contributed by atoms with van der Waals surface area (Å²) in [6, 6.07) is 23.2. The van der Waals surface area contributed by atoms with E-state index in [0.717, 1.165) is 16.9 Å². The van der Waals surface area contributed by atoms with E-state index >= 15 is 0 Å². The molecule has 1 fully saturated rings. The zero-order valence-corrected chi connectivity index (χ0v) is 20.8. The van der Waals surface area contributed by atoms with E-state index in [1.54, 1.807) is 36.3 Å². The quantitative estimate of drug-likeness (QED) is 0.250. The Bertz CT molecular complexity index is 1250. The first kappa shape index (κ1) is 25.0. The van der Waals surface area contributed by atoms with Crippen molar-refractivity contribution in [3.8, 4) is 11.5 Å². The molecule has 0 radical (unpaired) electrons. The number of aliphatic hydroxyl groups is 1. The van der Waals surface area contributed by atoms with Crippen LogP contribution in [0.5, 0.6) is 11.5 Å². The van der Waals surface area contributed by atoms with Crippen molar-refractivity contribution in [1.82, 2.24) is 4.90 Å². The van der Waals surface area contributed by atoms with Crippen molar-refractivity contribution < 1.29 is 24.2 Å². The van der Waals surface area contributed by atoms with Crippen LogP contribution in [0, 0.1) is 5.92 Å². The van der Waals surface area contributed by atoms with Gasteiger partial charge in [0.05, 0.1) is 25.3 Å². The number of ether oxygens (including phenoxy) is 2. The predicted molar refractivity (Wildman–Crippen MR) is 139 cm³/mol. The maximum atomic E-state index is 13.3. The Kier molecular flexibility index (Phi) is 7.74. The number of methoxy groups -OCH3 is 1. The van der Waals surface area contributed by atoms with Gasteiger partial charge in [0.25, 0.3) is 11.7 Å². The van der Waals surface area contributed by atoms with Crippen molar-refractivity contribution >= 4 is 17.4 Å². The summed E-state index contributed by atoms with van der Waals surface area (Å²) in [5, 5.41) is 11.3. The largest absolute Gasteiger partial charge is 0.507 e. The van der Waals surface area contributed by atoms with Crippen LogP contribution in [0.25, 0.3) is 5.76 Å². The molecule has 1 N–H and O–H groups in total. The molecule has 1 unspecified atom stereocenters. The molecule has 0 spiro atoms. The van der Waals surface area contributed by atoms with Crippen molar-refractivity contribution in [3.63, 3.8) is 0 Å². The van der Waals surface area contributed by atoms with Gasteiger partial charge >= 0.3 is 0 Å². The number of nitrogens with zero attached hydrogens (tertiary/aromatic N) is 1. The Hall–Kier alpha value is -4.06. The van der Waals surface area contributed by atoms with Crippen LogP contribution in [0.2, 0.25) is 0 Å². The van der Waals surface area contributed by atoms with Crippen LogP contribution in [0.4, 0.5) is 0 Å². The Morgan fingerprint density at radius 3 is 2.33 bits per heavy atom. The van der Waals surface area contributed by atoms with Gasteiger partial charge in [-0.2, -0.15) is 0 Å². The molecular weight excluding hydrogens is 454 g/mol. The molecule has 0 aromatic heterocycles. The predicted octanol–water partition coefficient (Wildman–Crippen LogP) is 5.39. The molecule has 186 valence electrons.